The number of nitrogens with one attached hydrogen (secondary N) is 1. The molecule has 128 valence electrons. The van der Waals surface area contributed by atoms with Gasteiger partial charge in [0, 0.05) is 11.6 Å². The first-order chi connectivity index (χ1) is 12.1. The summed E-state index contributed by atoms with van der Waals surface area (Å²) in [6.45, 7) is 4.31. The molecule has 0 amide bonds. The monoisotopic (exact) mass is 349 g/mol. The van der Waals surface area contributed by atoms with E-state index in [2.05, 4.69) is 36.7 Å². The molecule has 2 aliphatic rings. The normalized spacial score (nSPS) is 21.2. The molecule has 1 aromatic carbocycles. The van der Waals surface area contributed by atoms with Crippen molar-refractivity contribution < 1.29 is 0 Å². The van der Waals surface area contributed by atoms with Crippen LogP contribution in [0.4, 0.5) is 0 Å². The SMILES string of the molecule is CC1=C(C)C(c2csc3c(C#N)cccc23)C(CC2CCC2)=C(N)N1. The summed E-state index contributed by atoms with van der Waals surface area (Å²) in [5.74, 6) is 1.82. The van der Waals surface area contributed by atoms with Crippen LogP contribution < -0.4 is 11.1 Å². The van der Waals surface area contributed by atoms with Crippen LogP contribution in [0.1, 0.15) is 56.6 Å². The smallest absolute Gasteiger partial charge is 0.101 e. The Morgan fingerprint density at radius 1 is 1.32 bits per heavy atom. The second-order valence-electron chi connectivity index (χ2n) is 7.29. The van der Waals surface area contributed by atoms with Crippen molar-refractivity contribution in [2.24, 2.45) is 11.7 Å². The number of hydrogen-bond donors (Lipinski definition) is 2. The molecule has 3 nitrogen and oxygen atoms in total. The molecule has 2 heterocycles. The van der Waals surface area contributed by atoms with Crippen LogP contribution in [0, 0.1) is 17.2 Å². The van der Waals surface area contributed by atoms with Gasteiger partial charge in [-0.3, -0.25) is 0 Å². The van der Waals surface area contributed by atoms with E-state index in [4.69, 9.17) is 5.73 Å². The zero-order valence-electron chi connectivity index (χ0n) is 14.7. The maximum Gasteiger partial charge on any atom is 0.101 e. The van der Waals surface area contributed by atoms with Crippen LogP contribution in [-0.2, 0) is 0 Å². The molecule has 1 unspecified atom stereocenters. The number of nitrogens with two attached hydrogens (primary N) is 1. The van der Waals surface area contributed by atoms with Crippen molar-refractivity contribution in [3.63, 3.8) is 0 Å². The summed E-state index contributed by atoms with van der Waals surface area (Å²) < 4.78 is 1.09. The number of rotatable bonds is 3. The Morgan fingerprint density at radius 3 is 2.80 bits per heavy atom. The van der Waals surface area contributed by atoms with Gasteiger partial charge < -0.3 is 11.1 Å². The van der Waals surface area contributed by atoms with Gasteiger partial charge in [0.2, 0.25) is 0 Å². The van der Waals surface area contributed by atoms with Crippen molar-refractivity contribution >= 4 is 21.4 Å². The van der Waals surface area contributed by atoms with Gasteiger partial charge in [0.1, 0.15) is 11.9 Å². The second kappa shape index (κ2) is 6.24. The zero-order valence-corrected chi connectivity index (χ0v) is 15.5. The minimum atomic E-state index is 0.226. The van der Waals surface area contributed by atoms with Crippen LogP contribution >= 0.6 is 11.3 Å². The molecule has 1 saturated carbocycles. The van der Waals surface area contributed by atoms with Crippen LogP contribution in [0.25, 0.3) is 10.1 Å². The van der Waals surface area contributed by atoms with E-state index in [-0.39, 0.29) is 5.92 Å². The summed E-state index contributed by atoms with van der Waals surface area (Å²) in [4.78, 5) is 0. The molecular formula is C21H23N3S. The van der Waals surface area contributed by atoms with Gasteiger partial charge in [-0.2, -0.15) is 5.26 Å². The van der Waals surface area contributed by atoms with E-state index in [1.54, 1.807) is 11.3 Å². The van der Waals surface area contributed by atoms with Gasteiger partial charge in [0.25, 0.3) is 0 Å². The lowest BCUT2D eigenvalue weighted by Gasteiger charge is -2.35. The van der Waals surface area contributed by atoms with Gasteiger partial charge in [0.15, 0.2) is 0 Å². The van der Waals surface area contributed by atoms with Crippen LogP contribution in [0.2, 0.25) is 0 Å². The van der Waals surface area contributed by atoms with Crippen LogP contribution in [0.15, 0.2) is 46.2 Å². The average molecular weight is 350 g/mol. The van der Waals surface area contributed by atoms with E-state index in [0.717, 1.165) is 34.1 Å². The first kappa shape index (κ1) is 16.2. The predicted molar refractivity (Wildman–Crippen MR) is 104 cm³/mol. The quantitative estimate of drug-likeness (QED) is 0.809. The van der Waals surface area contributed by atoms with Crippen molar-refractivity contribution in [1.29, 1.82) is 5.26 Å². The highest BCUT2D eigenvalue weighted by Crippen LogP contribution is 2.46. The van der Waals surface area contributed by atoms with E-state index < -0.39 is 0 Å². The molecule has 3 N–H and O–H groups in total. The number of nitrogens with zero attached hydrogens (tertiary/aromatic N) is 1. The molecule has 1 aliphatic heterocycles. The third-order valence-electron chi connectivity index (χ3n) is 5.84. The van der Waals surface area contributed by atoms with Gasteiger partial charge >= 0.3 is 0 Å². The number of nitriles is 1. The summed E-state index contributed by atoms with van der Waals surface area (Å²) in [7, 11) is 0. The summed E-state index contributed by atoms with van der Waals surface area (Å²) >= 11 is 1.68. The van der Waals surface area contributed by atoms with E-state index in [1.165, 1.54) is 41.4 Å². The number of fused-ring (bicyclic) bond motifs is 1. The Labute approximate surface area is 152 Å². The largest absolute Gasteiger partial charge is 0.385 e. The van der Waals surface area contributed by atoms with E-state index in [9.17, 15) is 5.26 Å². The molecule has 1 atom stereocenters. The number of hydrogen-bond acceptors (Lipinski definition) is 4. The average Bonchev–Trinajstić information content (AvgIpc) is 2.99. The molecule has 0 saturated heterocycles. The highest BCUT2D eigenvalue weighted by atomic mass is 32.1. The molecule has 1 fully saturated rings. The molecule has 0 bridgehead atoms. The highest BCUT2D eigenvalue weighted by Gasteiger charge is 2.32. The first-order valence-electron chi connectivity index (χ1n) is 8.93. The Bertz CT molecular complexity index is 938. The van der Waals surface area contributed by atoms with Crippen LogP contribution in [0.5, 0.6) is 0 Å². The number of benzene rings is 1. The van der Waals surface area contributed by atoms with Crippen molar-refractivity contribution in [1.82, 2.24) is 5.32 Å². The predicted octanol–water partition coefficient (Wildman–Crippen LogP) is 5.11. The minimum absolute atomic E-state index is 0.226. The summed E-state index contributed by atoms with van der Waals surface area (Å²) in [5, 5.41) is 16.2. The van der Waals surface area contributed by atoms with E-state index in [0.29, 0.717) is 0 Å². The second-order valence-corrected chi connectivity index (χ2v) is 8.17. The van der Waals surface area contributed by atoms with Crippen molar-refractivity contribution in [3.8, 4) is 6.07 Å². The molecule has 2 aromatic rings. The van der Waals surface area contributed by atoms with Crippen molar-refractivity contribution in [2.75, 3.05) is 0 Å². The fraction of sp³-hybridized carbons (Fsp3) is 0.381. The third-order valence-corrected chi connectivity index (χ3v) is 6.88. The molecule has 4 rings (SSSR count). The van der Waals surface area contributed by atoms with Gasteiger partial charge in [-0.05, 0) is 59.7 Å². The van der Waals surface area contributed by atoms with E-state index >= 15 is 0 Å². The molecular weight excluding hydrogens is 326 g/mol. The van der Waals surface area contributed by atoms with Crippen molar-refractivity contribution in [2.45, 2.75) is 45.4 Å². The Hall–Kier alpha value is -2.25. The first-order valence-corrected chi connectivity index (χ1v) is 9.81. The van der Waals surface area contributed by atoms with Crippen LogP contribution in [0.3, 0.4) is 0 Å². The van der Waals surface area contributed by atoms with Crippen molar-refractivity contribution in [3.05, 3.63) is 57.4 Å². The summed E-state index contributed by atoms with van der Waals surface area (Å²) in [6, 6.07) is 8.36. The fourth-order valence-corrected chi connectivity index (χ4v) is 5.12. The molecule has 1 aliphatic carbocycles. The Balaban J connectivity index is 1.85. The lowest BCUT2D eigenvalue weighted by Crippen LogP contribution is -2.30. The highest BCUT2D eigenvalue weighted by molar-refractivity contribution is 7.17. The van der Waals surface area contributed by atoms with Gasteiger partial charge in [-0.1, -0.05) is 31.4 Å². The lowest BCUT2D eigenvalue weighted by molar-refractivity contribution is 0.308. The maximum atomic E-state index is 9.41. The topological polar surface area (TPSA) is 61.8 Å². The molecule has 0 spiro atoms. The van der Waals surface area contributed by atoms with Gasteiger partial charge in [-0.25, -0.2) is 0 Å². The standard InChI is InChI=1S/C21H23N3S/c1-12-13(2)24-21(23)17(9-14-5-3-6-14)19(12)18-11-25-20-15(10-22)7-4-8-16(18)20/h4,7-8,11,14,19,24H,3,5-6,9,23H2,1-2H3. The van der Waals surface area contributed by atoms with Gasteiger partial charge in [-0.15, -0.1) is 11.3 Å². The number of thiophene rings is 1. The zero-order chi connectivity index (χ0) is 17.6. The lowest BCUT2D eigenvalue weighted by atomic mass is 9.74. The minimum Gasteiger partial charge on any atom is -0.385 e. The molecule has 25 heavy (non-hydrogen) atoms. The van der Waals surface area contributed by atoms with Crippen LogP contribution in [-0.4, -0.2) is 0 Å². The maximum absolute atomic E-state index is 9.41. The fourth-order valence-electron chi connectivity index (χ4n) is 4.06. The van der Waals surface area contributed by atoms with Gasteiger partial charge in [0.05, 0.1) is 10.3 Å². The van der Waals surface area contributed by atoms with E-state index in [1.807, 2.05) is 12.1 Å². The number of dihydropyridines is 1. The summed E-state index contributed by atoms with van der Waals surface area (Å²) in [6.07, 6.45) is 5.04. The Morgan fingerprint density at radius 2 is 2.12 bits per heavy atom. The molecule has 4 heteroatoms. The number of allylic oxidation sites excluding steroid dienone is 3. The summed E-state index contributed by atoms with van der Waals surface area (Å²) in [5.41, 5.74) is 12.3. The third kappa shape index (κ3) is 2.63. The molecule has 1 aromatic heterocycles. The Kier molecular flexibility index (Phi) is 4.05. The molecule has 0 radical (unpaired) electrons.